The van der Waals surface area contributed by atoms with E-state index in [1.807, 2.05) is 13.1 Å². The number of imidazole rings is 2. The number of hydrogen-bond acceptors (Lipinski definition) is 4. The Bertz CT molecular complexity index is 878. The molecule has 0 fully saturated rings. The van der Waals surface area contributed by atoms with Crippen LogP contribution in [0.3, 0.4) is 0 Å². The molecule has 1 aliphatic heterocycles. The molecular weight excluding hydrogens is 292 g/mol. The fourth-order valence-corrected chi connectivity index (χ4v) is 3.10. The first-order valence-electron chi connectivity index (χ1n) is 7.85. The maximum absolute atomic E-state index is 12.5. The van der Waals surface area contributed by atoms with Gasteiger partial charge < -0.3 is 14.9 Å². The molecule has 1 aliphatic rings. The van der Waals surface area contributed by atoms with Crippen LogP contribution in [-0.4, -0.2) is 30.4 Å². The molecule has 0 aliphatic carbocycles. The van der Waals surface area contributed by atoms with Gasteiger partial charge in [-0.2, -0.15) is 0 Å². The van der Waals surface area contributed by atoms with E-state index in [4.69, 9.17) is 0 Å². The maximum atomic E-state index is 12.5. The Kier molecular flexibility index (Phi) is 3.33. The third-order valence-electron chi connectivity index (χ3n) is 4.24. The Morgan fingerprint density at radius 3 is 3.22 bits per heavy atom. The van der Waals surface area contributed by atoms with Crippen molar-refractivity contribution in [3.05, 3.63) is 41.4 Å². The van der Waals surface area contributed by atoms with Crippen LogP contribution in [0, 0.1) is 6.92 Å². The van der Waals surface area contributed by atoms with Gasteiger partial charge in [0.05, 0.1) is 29.5 Å². The minimum Gasteiger partial charge on any atom is -0.346 e. The van der Waals surface area contributed by atoms with Gasteiger partial charge in [-0.25, -0.2) is 15.0 Å². The number of nitrogens with one attached hydrogen (secondary N) is 2. The van der Waals surface area contributed by atoms with E-state index in [2.05, 4.69) is 29.8 Å². The summed E-state index contributed by atoms with van der Waals surface area (Å²) < 4.78 is 2.21. The highest BCUT2D eigenvalue weighted by atomic mass is 16.1. The van der Waals surface area contributed by atoms with Gasteiger partial charge in [0.15, 0.2) is 5.65 Å². The molecule has 23 heavy (non-hydrogen) atoms. The summed E-state index contributed by atoms with van der Waals surface area (Å²) in [7, 11) is 0. The highest BCUT2D eigenvalue weighted by Crippen LogP contribution is 2.17. The minimum absolute atomic E-state index is 0.132. The van der Waals surface area contributed by atoms with Gasteiger partial charge in [0, 0.05) is 19.2 Å². The van der Waals surface area contributed by atoms with Crippen LogP contribution in [0.25, 0.3) is 11.2 Å². The van der Waals surface area contributed by atoms with Crippen LogP contribution in [0.1, 0.15) is 40.5 Å². The Morgan fingerprint density at radius 2 is 2.30 bits per heavy atom. The monoisotopic (exact) mass is 310 g/mol. The van der Waals surface area contributed by atoms with Crippen LogP contribution in [0.5, 0.6) is 0 Å². The van der Waals surface area contributed by atoms with Gasteiger partial charge in [-0.3, -0.25) is 4.79 Å². The summed E-state index contributed by atoms with van der Waals surface area (Å²) in [6.07, 6.45) is 6.85. The molecule has 3 aromatic heterocycles. The number of nitrogens with zero attached hydrogens (tertiary/aromatic N) is 4. The van der Waals surface area contributed by atoms with E-state index in [1.54, 1.807) is 12.3 Å². The lowest BCUT2D eigenvalue weighted by molar-refractivity contribution is 0.0951. The van der Waals surface area contributed by atoms with Gasteiger partial charge in [-0.1, -0.05) is 0 Å². The van der Waals surface area contributed by atoms with Crippen LogP contribution < -0.4 is 5.32 Å². The summed E-state index contributed by atoms with van der Waals surface area (Å²) >= 11 is 0. The van der Waals surface area contributed by atoms with Crippen molar-refractivity contribution in [3.63, 3.8) is 0 Å². The van der Waals surface area contributed by atoms with Crippen molar-refractivity contribution in [2.24, 2.45) is 0 Å². The van der Waals surface area contributed by atoms with E-state index in [0.29, 0.717) is 23.3 Å². The number of fused-ring (bicyclic) bond motifs is 2. The average Bonchev–Trinajstić information content (AvgIpc) is 3.14. The smallest absolute Gasteiger partial charge is 0.253 e. The quantitative estimate of drug-likeness (QED) is 0.771. The zero-order valence-electron chi connectivity index (χ0n) is 13.0. The van der Waals surface area contributed by atoms with Gasteiger partial charge in [-0.05, 0) is 25.8 Å². The fraction of sp³-hybridized carbons (Fsp3) is 0.375. The van der Waals surface area contributed by atoms with E-state index in [0.717, 1.165) is 30.3 Å². The van der Waals surface area contributed by atoms with Crippen molar-refractivity contribution in [3.8, 4) is 0 Å². The van der Waals surface area contributed by atoms with Gasteiger partial charge in [-0.15, -0.1) is 0 Å². The first kappa shape index (κ1) is 13.9. The van der Waals surface area contributed by atoms with Crippen molar-refractivity contribution in [1.82, 2.24) is 29.8 Å². The zero-order valence-corrected chi connectivity index (χ0v) is 13.0. The first-order valence-corrected chi connectivity index (χ1v) is 7.85. The summed E-state index contributed by atoms with van der Waals surface area (Å²) in [6.45, 7) is 3.31. The summed E-state index contributed by atoms with van der Waals surface area (Å²) in [4.78, 5) is 28.5. The molecule has 118 valence electrons. The molecule has 7 nitrogen and oxygen atoms in total. The maximum Gasteiger partial charge on any atom is 0.253 e. The van der Waals surface area contributed by atoms with E-state index in [9.17, 15) is 4.79 Å². The molecule has 1 amide bonds. The van der Waals surface area contributed by atoms with Crippen molar-refractivity contribution in [2.45, 2.75) is 39.3 Å². The summed E-state index contributed by atoms with van der Waals surface area (Å²) in [5.74, 6) is 1.74. The van der Waals surface area contributed by atoms with Crippen molar-refractivity contribution in [2.75, 3.05) is 0 Å². The Hall–Kier alpha value is -2.70. The van der Waals surface area contributed by atoms with Crippen molar-refractivity contribution < 1.29 is 4.79 Å². The molecular formula is C16H18N6O. The molecule has 4 rings (SSSR count). The predicted molar refractivity (Wildman–Crippen MR) is 85.0 cm³/mol. The number of carbonyl (C=O) groups is 1. The second kappa shape index (κ2) is 5.49. The van der Waals surface area contributed by atoms with Crippen molar-refractivity contribution in [1.29, 1.82) is 0 Å². The SMILES string of the molecule is Cc1nc2nccc(C(=O)NCc3cnc4n3CCCC4)c2[nH]1. The molecule has 0 atom stereocenters. The zero-order chi connectivity index (χ0) is 15.8. The Balaban J connectivity index is 1.54. The van der Waals surface area contributed by atoms with Crippen LogP contribution in [0.2, 0.25) is 0 Å². The molecule has 0 saturated carbocycles. The fourth-order valence-electron chi connectivity index (χ4n) is 3.10. The second-order valence-electron chi connectivity index (χ2n) is 5.84. The number of carbonyl (C=O) groups excluding carboxylic acids is 1. The minimum atomic E-state index is -0.132. The number of rotatable bonds is 3. The number of H-pyrrole nitrogens is 1. The first-order chi connectivity index (χ1) is 11.2. The number of pyridine rings is 1. The molecule has 3 aromatic rings. The lowest BCUT2D eigenvalue weighted by Crippen LogP contribution is -2.25. The summed E-state index contributed by atoms with van der Waals surface area (Å²) in [5.41, 5.74) is 2.86. The highest BCUT2D eigenvalue weighted by molar-refractivity contribution is 6.03. The van der Waals surface area contributed by atoms with E-state index < -0.39 is 0 Å². The standard InChI is InChI=1S/C16H18N6O/c1-10-20-14-12(5-6-17-15(14)21-10)16(23)19-9-11-8-18-13-4-2-3-7-22(11)13/h5-6,8H,2-4,7,9H2,1H3,(H,19,23)(H,17,20,21). The largest absolute Gasteiger partial charge is 0.346 e. The van der Waals surface area contributed by atoms with Crippen LogP contribution in [-0.2, 0) is 19.5 Å². The molecule has 0 saturated heterocycles. The predicted octanol–water partition coefficient (Wildman–Crippen LogP) is 1.73. The lowest BCUT2D eigenvalue weighted by Gasteiger charge is -2.16. The molecule has 7 heteroatoms. The summed E-state index contributed by atoms with van der Waals surface area (Å²) in [6, 6.07) is 1.71. The van der Waals surface area contributed by atoms with Crippen LogP contribution >= 0.6 is 0 Å². The molecule has 0 aromatic carbocycles. The molecule has 2 N–H and O–H groups in total. The molecule has 0 spiro atoms. The van der Waals surface area contributed by atoms with Gasteiger partial charge in [0.25, 0.3) is 5.91 Å². The molecule has 0 unspecified atom stereocenters. The van der Waals surface area contributed by atoms with E-state index in [1.165, 1.54) is 12.8 Å². The van der Waals surface area contributed by atoms with Crippen molar-refractivity contribution >= 4 is 17.1 Å². The normalized spacial score (nSPS) is 14.0. The molecule has 4 heterocycles. The van der Waals surface area contributed by atoms with E-state index >= 15 is 0 Å². The highest BCUT2D eigenvalue weighted by Gasteiger charge is 2.16. The van der Waals surface area contributed by atoms with Crippen LogP contribution in [0.4, 0.5) is 0 Å². The van der Waals surface area contributed by atoms with Gasteiger partial charge >= 0.3 is 0 Å². The average molecular weight is 310 g/mol. The van der Waals surface area contributed by atoms with E-state index in [-0.39, 0.29) is 5.91 Å². The number of aromatic nitrogens is 5. The topological polar surface area (TPSA) is 88.5 Å². The second-order valence-corrected chi connectivity index (χ2v) is 5.84. The Morgan fingerprint density at radius 1 is 1.39 bits per heavy atom. The number of hydrogen-bond donors (Lipinski definition) is 2. The van der Waals surface area contributed by atoms with Gasteiger partial charge in [0.1, 0.15) is 11.6 Å². The third kappa shape index (κ3) is 2.48. The number of aromatic amines is 1. The van der Waals surface area contributed by atoms with Crippen LogP contribution in [0.15, 0.2) is 18.5 Å². The number of aryl methyl sites for hydroxylation is 2. The third-order valence-corrected chi connectivity index (χ3v) is 4.24. The Labute approximate surface area is 133 Å². The molecule has 0 bridgehead atoms. The van der Waals surface area contributed by atoms with Gasteiger partial charge in [0.2, 0.25) is 0 Å². The lowest BCUT2D eigenvalue weighted by atomic mass is 10.1. The summed E-state index contributed by atoms with van der Waals surface area (Å²) in [5, 5.41) is 2.98. The number of amides is 1. The molecule has 0 radical (unpaired) electrons.